The highest BCUT2D eigenvalue weighted by Gasteiger charge is 2.25. The number of ether oxygens (including phenoxy) is 1. The van der Waals surface area contributed by atoms with Gasteiger partial charge in [0.05, 0.1) is 6.61 Å². The molecule has 0 radical (unpaired) electrons. The van der Waals surface area contributed by atoms with Crippen LogP contribution in [0.1, 0.15) is 43.5 Å². The number of aromatic nitrogens is 2. The summed E-state index contributed by atoms with van der Waals surface area (Å²) in [5, 5.41) is 3.05. The van der Waals surface area contributed by atoms with E-state index in [0.717, 1.165) is 55.9 Å². The molecule has 0 spiro atoms. The fraction of sp³-hybridized carbons (Fsp3) is 0.500. The van der Waals surface area contributed by atoms with E-state index in [2.05, 4.69) is 28.3 Å². The summed E-state index contributed by atoms with van der Waals surface area (Å²) in [6.45, 7) is 4.94. The Bertz CT molecular complexity index is 687. The van der Waals surface area contributed by atoms with E-state index in [1.54, 1.807) is 6.20 Å². The van der Waals surface area contributed by atoms with Crippen molar-refractivity contribution in [3.05, 3.63) is 48.0 Å². The SMILES string of the molecule is CCCOc1ccccc1CCNC(=O)N1CCC[C@H](c2ncc[nH]2)C1. The van der Waals surface area contributed by atoms with Gasteiger partial charge >= 0.3 is 6.03 Å². The topological polar surface area (TPSA) is 70.2 Å². The van der Waals surface area contributed by atoms with Crippen molar-refractivity contribution in [2.75, 3.05) is 26.2 Å². The molecule has 26 heavy (non-hydrogen) atoms. The third-order valence-electron chi connectivity index (χ3n) is 4.72. The number of nitrogens with zero attached hydrogens (tertiary/aromatic N) is 2. The highest BCUT2D eigenvalue weighted by Crippen LogP contribution is 2.24. The van der Waals surface area contributed by atoms with Crippen molar-refractivity contribution in [2.45, 2.75) is 38.5 Å². The number of rotatable bonds is 7. The number of carbonyl (C=O) groups excluding carboxylic acids is 1. The van der Waals surface area contributed by atoms with Gasteiger partial charge in [-0.25, -0.2) is 9.78 Å². The fourth-order valence-electron chi connectivity index (χ4n) is 3.36. The molecule has 1 fully saturated rings. The number of amides is 2. The van der Waals surface area contributed by atoms with Crippen molar-refractivity contribution < 1.29 is 9.53 Å². The normalized spacial score (nSPS) is 17.1. The molecule has 2 N–H and O–H groups in total. The van der Waals surface area contributed by atoms with E-state index in [4.69, 9.17) is 4.74 Å². The monoisotopic (exact) mass is 356 g/mol. The molecule has 0 aliphatic carbocycles. The zero-order valence-electron chi connectivity index (χ0n) is 15.4. The van der Waals surface area contributed by atoms with Gasteiger partial charge in [0.2, 0.25) is 0 Å². The Hall–Kier alpha value is -2.50. The van der Waals surface area contributed by atoms with E-state index in [-0.39, 0.29) is 6.03 Å². The van der Waals surface area contributed by atoms with E-state index in [0.29, 0.717) is 19.1 Å². The van der Waals surface area contributed by atoms with E-state index in [1.165, 1.54) is 0 Å². The van der Waals surface area contributed by atoms with Gasteiger partial charge in [-0.1, -0.05) is 25.1 Å². The van der Waals surface area contributed by atoms with Crippen LogP contribution in [-0.4, -0.2) is 47.1 Å². The first-order valence-corrected chi connectivity index (χ1v) is 9.50. The average Bonchev–Trinajstić information content (AvgIpc) is 3.22. The van der Waals surface area contributed by atoms with Gasteiger partial charge in [0.1, 0.15) is 11.6 Å². The summed E-state index contributed by atoms with van der Waals surface area (Å²) in [6, 6.07) is 8.05. The molecule has 2 aromatic rings. The highest BCUT2D eigenvalue weighted by molar-refractivity contribution is 5.74. The van der Waals surface area contributed by atoms with Crippen LogP contribution in [0.5, 0.6) is 5.75 Å². The number of hydrogen-bond donors (Lipinski definition) is 2. The number of imidazole rings is 1. The molecule has 1 aromatic heterocycles. The molecule has 3 rings (SSSR count). The van der Waals surface area contributed by atoms with Crippen molar-refractivity contribution in [1.29, 1.82) is 0 Å². The first-order valence-electron chi connectivity index (χ1n) is 9.50. The second-order valence-corrected chi connectivity index (χ2v) is 6.70. The number of nitrogens with one attached hydrogen (secondary N) is 2. The molecule has 2 heterocycles. The van der Waals surface area contributed by atoms with Crippen LogP contribution in [0.25, 0.3) is 0 Å². The lowest BCUT2D eigenvalue weighted by Gasteiger charge is -2.31. The number of para-hydroxylation sites is 1. The number of urea groups is 1. The van der Waals surface area contributed by atoms with E-state index >= 15 is 0 Å². The minimum atomic E-state index is 0.00761. The Balaban J connectivity index is 1.48. The number of hydrogen-bond acceptors (Lipinski definition) is 3. The Morgan fingerprint density at radius 2 is 2.31 bits per heavy atom. The number of H-pyrrole nitrogens is 1. The summed E-state index contributed by atoms with van der Waals surface area (Å²) in [6.07, 6.45) is 7.43. The van der Waals surface area contributed by atoms with Gasteiger partial charge in [-0.3, -0.25) is 0 Å². The molecule has 0 bridgehead atoms. The van der Waals surface area contributed by atoms with Crippen molar-refractivity contribution in [1.82, 2.24) is 20.2 Å². The number of carbonyl (C=O) groups is 1. The van der Waals surface area contributed by atoms with E-state index < -0.39 is 0 Å². The van der Waals surface area contributed by atoms with Gasteiger partial charge in [0, 0.05) is 37.9 Å². The quantitative estimate of drug-likeness (QED) is 0.799. The Kier molecular flexibility index (Phi) is 6.52. The molecular weight excluding hydrogens is 328 g/mol. The van der Waals surface area contributed by atoms with Gasteiger partial charge in [0.25, 0.3) is 0 Å². The van der Waals surface area contributed by atoms with Crippen LogP contribution in [0.3, 0.4) is 0 Å². The van der Waals surface area contributed by atoms with Crippen LogP contribution in [-0.2, 0) is 6.42 Å². The number of aromatic amines is 1. The largest absolute Gasteiger partial charge is 0.493 e. The smallest absolute Gasteiger partial charge is 0.317 e. The molecule has 6 nitrogen and oxygen atoms in total. The zero-order chi connectivity index (χ0) is 18.2. The zero-order valence-corrected chi connectivity index (χ0v) is 15.4. The Morgan fingerprint density at radius 1 is 1.42 bits per heavy atom. The summed E-state index contributed by atoms with van der Waals surface area (Å²) < 4.78 is 5.78. The Morgan fingerprint density at radius 3 is 3.12 bits per heavy atom. The molecule has 1 saturated heterocycles. The average molecular weight is 356 g/mol. The van der Waals surface area contributed by atoms with Gasteiger partial charge in [-0.15, -0.1) is 0 Å². The molecule has 1 aliphatic rings. The molecule has 1 atom stereocenters. The van der Waals surface area contributed by atoms with E-state index in [1.807, 2.05) is 29.3 Å². The number of likely N-dealkylation sites (tertiary alicyclic amines) is 1. The lowest BCUT2D eigenvalue weighted by Crippen LogP contribution is -2.45. The van der Waals surface area contributed by atoms with Crippen LogP contribution < -0.4 is 10.1 Å². The van der Waals surface area contributed by atoms with Crippen molar-refractivity contribution in [2.24, 2.45) is 0 Å². The van der Waals surface area contributed by atoms with Crippen molar-refractivity contribution in [3.8, 4) is 5.75 Å². The standard InChI is InChI=1S/C20H28N4O2/c1-2-14-26-18-8-4-3-6-16(18)9-10-23-20(25)24-13-5-7-17(15-24)19-21-11-12-22-19/h3-4,6,8,11-12,17H,2,5,7,9-10,13-15H2,1H3,(H,21,22)(H,23,25)/t17-/m0/s1. The van der Waals surface area contributed by atoms with Crippen molar-refractivity contribution in [3.63, 3.8) is 0 Å². The predicted molar refractivity (Wildman–Crippen MR) is 101 cm³/mol. The molecule has 1 aliphatic heterocycles. The third kappa shape index (κ3) is 4.77. The maximum absolute atomic E-state index is 12.5. The minimum Gasteiger partial charge on any atom is -0.493 e. The van der Waals surface area contributed by atoms with E-state index in [9.17, 15) is 4.79 Å². The number of piperidine rings is 1. The first kappa shape index (κ1) is 18.3. The molecule has 2 amide bonds. The maximum atomic E-state index is 12.5. The van der Waals surface area contributed by atoms with Crippen LogP contribution in [0.4, 0.5) is 4.79 Å². The van der Waals surface area contributed by atoms with Gasteiger partial charge < -0.3 is 19.9 Å². The summed E-state index contributed by atoms with van der Waals surface area (Å²) in [5.41, 5.74) is 1.13. The predicted octanol–water partition coefficient (Wildman–Crippen LogP) is 3.33. The second kappa shape index (κ2) is 9.27. The van der Waals surface area contributed by atoms with Crippen LogP contribution in [0.2, 0.25) is 0 Å². The molecule has 140 valence electrons. The van der Waals surface area contributed by atoms with Crippen LogP contribution in [0.15, 0.2) is 36.7 Å². The van der Waals surface area contributed by atoms with Gasteiger partial charge in [0.15, 0.2) is 0 Å². The molecular formula is C20H28N4O2. The molecule has 1 aromatic carbocycles. The third-order valence-corrected chi connectivity index (χ3v) is 4.72. The maximum Gasteiger partial charge on any atom is 0.317 e. The summed E-state index contributed by atoms with van der Waals surface area (Å²) in [7, 11) is 0. The second-order valence-electron chi connectivity index (χ2n) is 6.70. The molecule has 0 unspecified atom stereocenters. The molecule has 6 heteroatoms. The fourth-order valence-corrected chi connectivity index (χ4v) is 3.36. The minimum absolute atomic E-state index is 0.00761. The lowest BCUT2D eigenvalue weighted by atomic mass is 9.98. The summed E-state index contributed by atoms with van der Waals surface area (Å²) >= 11 is 0. The van der Waals surface area contributed by atoms with Gasteiger partial charge in [-0.2, -0.15) is 0 Å². The van der Waals surface area contributed by atoms with Gasteiger partial charge in [-0.05, 0) is 37.3 Å². The highest BCUT2D eigenvalue weighted by atomic mass is 16.5. The van der Waals surface area contributed by atoms with Crippen LogP contribution in [0, 0.1) is 0 Å². The summed E-state index contributed by atoms with van der Waals surface area (Å²) in [5.74, 6) is 2.19. The summed E-state index contributed by atoms with van der Waals surface area (Å²) in [4.78, 5) is 21.9. The lowest BCUT2D eigenvalue weighted by molar-refractivity contribution is 0.178. The Labute approximate surface area is 155 Å². The van der Waals surface area contributed by atoms with Crippen molar-refractivity contribution >= 4 is 6.03 Å². The number of benzene rings is 1. The molecule has 0 saturated carbocycles. The van der Waals surface area contributed by atoms with Crippen LogP contribution >= 0.6 is 0 Å². The first-order chi connectivity index (χ1) is 12.8.